The first-order chi connectivity index (χ1) is 7.22. The zero-order chi connectivity index (χ0) is 11.1. The lowest BCUT2D eigenvalue weighted by atomic mass is 10.3. The minimum Gasteiger partial charge on any atom is -0.374 e. The lowest BCUT2D eigenvalue weighted by molar-refractivity contribution is -0.114. The maximum Gasteiger partial charge on any atom is 0.221 e. The number of nitrogens with one attached hydrogen (secondary N) is 2. The second kappa shape index (κ2) is 5.71. The van der Waals surface area contributed by atoms with Gasteiger partial charge < -0.3 is 10.6 Å². The fourth-order valence-electron chi connectivity index (χ4n) is 1.11. The van der Waals surface area contributed by atoms with E-state index < -0.39 is 0 Å². The number of benzene rings is 1. The summed E-state index contributed by atoms with van der Waals surface area (Å²) in [5, 5.41) is 5.84. The Morgan fingerprint density at radius 1 is 1.27 bits per heavy atom. The zero-order valence-corrected chi connectivity index (χ0v) is 8.92. The summed E-state index contributed by atoms with van der Waals surface area (Å²) in [7, 11) is 0. The molecule has 1 rings (SSSR count). The molecule has 0 heterocycles. The van der Waals surface area contributed by atoms with Crippen LogP contribution in [0.5, 0.6) is 0 Å². The van der Waals surface area contributed by atoms with Crippen molar-refractivity contribution in [2.75, 3.05) is 17.2 Å². The van der Waals surface area contributed by atoms with Gasteiger partial charge in [0, 0.05) is 18.3 Å². The minimum absolute atomic E-state index is 0.0624. The molecule has 0 fully saturated rings. The fraction of sp³-hybridized carbons (Fsp3) is 0.250. The molecule has 15 heavy (non-hydrogen) atoms. The van der Waals surface area contributed by atoms with E-state index in [1.54, 1.807) is 0 Å². The van der Waals surface area contributed by atoms with Crippen LogP contribution in [0.4, 0.5) is 11.4 Å². The van der Waals surface area contributed by atoms with Crippen LogP contribution >= 0.6 is 0 Å². The number of anilines is 2. The Balaban J connectivity index is 2.54. The van der Waals surface area contributed by atoms with Crippen LogP contribution < -0.4 is 10.6 Å². The van der Waals surface area contributed by atoms with Crippen molar-refractivity contribution in [3.63, 3.8) is 0 Å². The van der Waals surface area contributed by atoms with E-state index in [-0.39, 0.29) is 5.91 Å². The van der Waals surface area contributed by atoms with Crippen molar-refractivity contribution in [1.29, 1.82) is 0 Å². The third kappa shape index (κ3) is 4.19. The number of rotatable bonds is 3. The maximum absolute atomic E-state index is 10.8. The van der Waals surface area contributed by atoms with Gasteiger partial charge in [-0.25, -0.2) is 0 Å². The highest BCUT2D eigenvalue weighted by Crippen LogP contribution is 2.12. The molecule has 0 unspecified atom stereocenters. The number of hydrogen-bond donors (Lipinski definition) is 2. The van der Waals surface area contributed by atoms with Gasteiger partial charge in [0.25, 0.3) is 0 Å². The van der Waals surface area contributed by atoms with Crippen molar-refractivity contribution in [3.8, 4) is 11.8 Å². The van der Waals surface area contributed by atoms with Crippen LogP contribution in [-0.4, -0.2) is 12.5 Å². The molecule has 0 radical (unpaired) electrons. The summed E-state index contributed by atoms with van der Waals surface area (Å²) in [5.74, 6) is 5.66. The summed E-state index contributed by atoms with van der Waals surface area (Å²) in [6, 6.07) is 7.51. The van der Waals surface area contributed by atoms with Gasteiger partial charge in [-0.1, -0.05) is 5.92 Å². The van der Waals surface area contributed by atoms with Crippen LogP contribution in [0.2, 0.25) is 0 Å². The smallest absolute Gasteiger partial charge is 0.221 e. The molecular formula is C12H14N2O. The molecule has 0 aromatic heterocycles. The van der Waals surface area contributed by atoms with Gasteiger partial charge in [-0.3, -0.25) is 4.79 Å². The Morgan fingerprint density at radius 3 is 2.40 bits per heavy atom. The Bertz CT molecular complexity index is 384. The minimum atomic E-state index is -0.0624. The highest BCUT2D eigenvalue weighted by Gasteiger charge is 1.94. The normalized spacial score (nSPS) is 8.67. The summed E-state index contributed by atoms with van der Waals surface area (Å²) < 4.78 is 0. The van der Waals surface area contributed by atoms with Crippen LogP contribution in [0, 0.1) is 11.8 Å². The predicted molar refractivity (Wildman–Crippen MR) is 62.7 cm³/mol. The molecule has 1 aromatic rings. The molecule has 1 amide bonds. The lowest BCUT2D eigenvalue weighted by Gasteiger charge is -2.04. The quantitative estimate of drug-likeness (QED) is 0.737. The van der Waals surface area contributed by atoms with E-state index in [1.807, 2.05) is 31.2 Å². The Labute approximate surface area is 89.9 Å². The summed E-state index contributed by atoms with van der Waals surface area (Å²) >= 11 is 0. The van der Waals surface area contributed by atoms with E-state index >= 15 is 0 Å². The van der Waals surface area contributed by atoms with Crippen molar-refractivity contribution < 1.29 is 4.79 Å². The van der Waals surface area contributed by atoms with Crippen LogP contribution in [-0.2, 0) is 4.79 Å². The number of amides is 1. The van der Waals surface area contributed by atoms with E-state index in [1.165, 1.54) is 6.92 Å². The summed E-state index contributed by atoms with van der Waals surface area (Å²) in [5.41, 5.74) is 1.79. The number of hydrogen-bond acceptors (Lipinski definition) is 2. The largest absolute Gasteiger partial charge is 0.374 e. The van der Waals surface area contributed by atoms with Gasteiger partial charge in [0.15, 0.2) is 0 Å². The van der Waals surface area contributed by atoms with E-state index in [2.05, 4.69) is 22.5 Å². The van der Waals surface area contributed by atoms with E-state index in [4.69, 9.17) is 0 Å². The second-order valence-electron chi connectivity index (χ2n) is 3.04. The molecule has 3 nitrogen and oxygen atoms in total. The molecular weight excluding hydrogens is 188 g/mol. The second-order valence-corrected chi connectivity index (χ2v) is 3.04. The van der Waals surface area contributed by atoms with E-state index in [0.717, 1.165) is 11.4 Å². The highest BCUT2D eigenvalue weighted by molar-refractivity contribution is 5.88. The molecule has 0 bridgehead atoms. The van der Waals surface area contributed by atoms with Crippen LogP contribution in [0.1, 0.15) is 13.8 Å². The molecule has 0 aliphatic rings. The van der Waals surface area contributed by atoms with E-state index in [9.17, 15) is 4.79 Å². The number of carbonyl (C=O) groups is 1. The van der Waals surface area contributed by atoms with Gasteiger partial charge in [-0.15, -0.1) is 5.92 Å². The summed E-state index contributed by atoms with van der Waals surface area (Å²) in [4.78, 5) is 10.8. The molecule has 1 aromatic carbocycles. The average Bonchev–Trinajstić information content (AvgIpc) is 2.20. The molecule has 0 aliphatic heterocycles. The third-order valence-electron chi connectivity index (χ3n) is 1.76. The average molecular weight is 202 g/mol. The molecule has 0 atom stereocenters. The lowest BCUT2D eigenvalue weighted by Crippen LogP contribution is -2.05. The maximum atomic E-state index is 10.8. The molecule has 0 spiro atoms. The Hall–Kier alpha value is -1.95. The number of carbonyl (C=O) groups excluding carboxylic acids is 1. The summed E-state index contributed by atoms with van der Waals surface area (Å²) in [6.45, 7) is 3.93. The highest BCUT2D eigenvalue weighted by atomic mass is 16.1. The zero-order valence-electron chi connectivity index (χ0n) is 8.92. The van der Waals surface area contributed by atoms with Gasteiger partial charge in [-0.05, 0) is 31.2 Å². The van der Waals surface area contributed by atoms with Gasteiger partial charge in [0.2, 0.25) is 5.91 Å². The van der Waals surface area contributed by atoms with Crippen LogP contribution in [0.3, 0.4) is 0 Å². The molecule has 0 saturated heterocycles. The van der Waals surface area contributed by atoms with Crippen molar-refractivity contribution in [3.05, 3.63) is 24.3 Å². The van der Waals surface area contributed by atoms with Crippen LogP contribution in [0.15, 0.2) is 24.3 Å². The van der Waals surface area contributed by atoms with Crippen molar-refractivity contribution in [2.24, 2.45) is 0 Å². The molecule has 0 aliphatic carbocycles. The van der Waals surface area contributed by atoms with Crippen molar-refractivity contribution in [2.45, 2.75) is 13.8 Å². The van der Waals surface area contributed by atoms with Gasteiger partial charge in [0.05, 0.1) is 6.54 Å². The Kier molecular flexibility index (Phi) is 4.24. The molecule has 78 valence electrons. The molecule has 2 N–H and O–H groups in total. The van der Waals surface area contributed by atoms with Gasteiger partial charge in [-0.2, -0.15) is 0 Å². The topological polar surface area (TPSA) is 41.1 Å². The summed E-state index contributed by atoms with van der Waals surface area (Å²) in [6.07, 6.45) is 0. The monoisotopic (exact) mass is 202 g/mol. The van der Waals surface area contributed by atoms with Crippen molar-refractivity contribution >= 4 is 17.3 Å². The standard InChI is InChI=1S/C12H14N2O/c1-3-4-9-13-11-5-7-12(8-6-11)14-10(2)15/h5-8,13H,9H2,1-2H3,(H,14,15). The first kappa shape index (κ1) is 11.1. The molecule has 3 heteroatoms. The van der Waals surface area contributed by atoms with E-state index in [0.29, 0.717) is 6.54 Å². The Morgan fingerprint density at radius 2 is 1.87 bits per heavy atom. The van der Waals surface area contributed by atoms with Gasteiger partial charge in [0.1, 0.15) is 0 Å². The van der Waals surface area contributed by atoms with Crippen molar-refractivity contribution in [1.82, 2.24) is 0 Å². The van der Waals surface area contributed by atoms with Gasteiger partial charge >= 0.3 is 0 Å². The first-order valence-electron chi connectivity index (χ1n) is 4.73. The third-order valence-corrected chi connectivity index (χ3v) is 1.76. The van der Waals surface area contributed by atoms with Crippen LogP contribution in [0.25, 0.3) is 0 Å². The fourth-order valence-corrected chi connectivity index (χ4v) is 1.11. The first-order valence-corrected chi connectivity index (χ1v) is 4.73. The predicted octanol–water partition coefficient (Wildman–Crippen LogP) is 2.08. The SMILES string of the molecule is CC#CCNc1ccc(NC(C)=O)cc1. The molecule has 0 saturated carbocycles.